The minimum atomic E-state index is 0.394. The summed E-state index contributed by atoms with van der Waals surface area (Å²) in [5, 5.41) is 3.80. The second-order valence-corrected chi connectivity index (χ2v) is 5.86. The first-order valence-corrected chi connectivity index (χ1v) is 7.65. The molecule has 112 valence electrons. The highest BCUT2D eigenvalue weighted by Crippen LogP contribution is 2.32. The standard InChI is InChI=1S/C17H27NO2/c1-5-15(18-14-8-6-12(2)10-14)13-7-9-16(19-3)17(11-13)20-4/h7,9,11-12,14-15,18H,5-6,8,10H2,1-4H3. The number of hydrogen-bond acceptors (Lipinski definition) is 3. The molecule has 1 saturated carbocycles. The van der Waals surface area contributed by atoms with Crippen molar-refractivity contribution < 1.29 is 9.47 Å². The minimum Gasteiger partial charge on any atom is -0.493 e. The van der Waals surface area contributed by atoms with Crippen molar-refractivity contribution in [1.82, 2.24) is 5.32 Å². The molecule has 0 radical (unpaired) electrons. The molecule has 0 spiro atoms. The number of rotatable bonds is 6. The van der Waals surface area contributed by atoms with Crippen molar-refractivity contribution >= 4 is 0 Å². The maximum Gasteiger partial charge on any atom is 0.161 e. The van der Waals surface area contributed by atoms with Gasteiger partial charge in [-0.15, -0.1) is 0 Å². The van der Waals surface area contributed by atoms with Crippen LogP contribution in [0.3, 0.4) is 0 Å². The van der Waals surface area contributed by atoms with Crippen LogP contribution in [0.1, 0.15) is 51.1 Å². The number of ether oxygens (including phenoxy) is 2. The van der Waals surface area contributed by atoms with E-state index in [0.717, 1.165) is 23.8 Å². The number of hydrogen-bond donors (Lipinski definition) is 1. The monoisotopic (exact) mass is 277 g/mol. The Hall–Kier alpha value is -1.22. The van der Waals surface area contributed by atoms with Crippen molar-refractivity contribution in [2.45, 2.75) is 51.6 Å². The molecule has 0 bridgehead atoms. The minimum absolute atomic E-state index is 0.394. The summed E-state index contributed by atoms with van der Waals surface area (Å²) >= 11 is 0. The molecule has 3 unspecified atom stereocenters. The predicted octanol–water partition coefficient (Wildman–Crippen LogP) is 3.93. The Morgan fingerprint density at radius 1 is 1.20 bits per heavy atom. The first kappa shape index (κ1) is 15.2. The Balaban J connectivity index is 2.10. The smallest absolute Gasteiger partial charge is 0.161 e. The Morgan fingerprint density at radius 3 is 2.50 bits per heavy atom. The molecule has 3 nitrogen and oxygen atoms in total. The fourth-order valence-electron chi connectivity index (χ4n) is 3.16. The fraction of sp³-hybridized carbons (Fsp3) is 0.647. The van der Waals surface area contributed by atoms with Gasteiger partial charge in [0.05, 0.1) is 14.2 Å². The lowest BCUT2D eigenvalue weighted by molar-refractivity contribution is 0.352. The van der Waals surface area contributed by atoms with Crippen molar-refractivity contribution in [3.63, 3.8) is 0 Å². The molecule has 0 amide bonds. The van der Waals surface area contributed by atoms with E-state index in [0.29, 0.717) is 12.1 Å². The van der Waals surface area contributed by atoms with Crippen LogP contribution in [0.25, 0.3) is 0 Å². The van der Waals surface area contributed by atoms with Gasteiger partial charge >= 0.3 is 0 Å². The molecular formula is C17H27NO2. The van der Waals surface area contributed by atoms with Crippen LogP contribution in [0, 0.1) is 5.92 Å². The third-order valence-electron chi connectivity index (χ3n) is 4.35. The molecule has 1 aromatic rings. The Morgan fingerprint density at radius 2 is 1.95 bits per heavy atom. The van der Waals surface area contributed by atoms with E-state index in [-0.39, 0.29) is 0 Å². The summed E-state index contributed by atoms with van der Waals surface area (Å²) in [6.07, 6.45) is 5.02. The van der Waals surface area contributed by atoms with Gasteiger partial charge in [0.2, 0.25) is 0 Å². The Labute approximate surface area is 122 Å². The van der Waals surface area contributed by atoms with Crippen LogP contribution in [0.2, 0.25) is 0 Å². The van der Waals surface area contributed by atoms with E-state index in [4.69, 9.17) is 9.47 Å². The summed E-state index contributed by atoms with van der Waals surface area (Å²) in [5.41, 5.74) is 1.28. The lowest BCUT2D eigenvalue weighted by Crippen LogP contribution is -2.30. The summed E-state index contributed by atoms with van der Waals surface area (Å²) in [6.45, 7) is 4.58. The average molecular weight is 277 g/mol. The second-order valence-electron chi connectivity index (χ2n) is 5.86. The molecule has 0 aromatic heterocycles. The van der Waals surface area contributed by atoms with Gasteiger partial charge in [-0.05, 0) is 49.3 Å². The van der Waals surface area contributed by atoms with Gasteiger partial charge in [0.15, 0.2) is 11.5 Å². The maximum absolute atomic E-state index is 5.41. The van der Waals surface area contributed by atoms with Crippen molar-refractivity contribution in [3.8, 4) is 11.5 Å². The van der Waals surface area contributed by atoms with E-state index in [2.05, 4.69) is 31.3 Å². The number of methoxy groups -OCH3 is 2. The van der Waals surface area contributed by atoms with Gasteiger partial charge in [0, 0.05) is 12.1 Å². The van der Waals surface area contributed by atoms with Gasteiger partial charge in [-0.1, -0.05) is 19.9 Å². The van der Waals surface area contributed by atoms with Crippen LogP contribution in [-0.2, 0) is 0 Å². The third kappa shape index (κ3) is 3.45. The molecule has 1 aliphatic carbocycles. The van der Waals surface area contributed by atoms with Gasteiger partial charge in [0.1, 0.15) is 0 Å². The summed E-state index contributed by atoms with van der Waals surface area (Å²) in [4.78, 5) is 0. The highest BCUT2D eigenvalue weighted by atomic mass is 16.5. The zero-order chi connectivity index (χ0) is 14.5. The second kappa shape index (κ2) is 6.98. The predicted molar refractivity (Wildman–Crippen MR) is 82.5 cm³/mol. The Bertz CT molecular complexity index is 433. The normalized spacial score (nSPS) is 23.6. The lowest BCUT2D eigenvalue weighted by atomic mass is 10.0. The lowest BCUT2D eigenvalue weighted by Gasteiger charge is -2.23. The van der Waals surface area contributed by atoms with Gasteiger partial charge in [-0.3, -0.25) is 0 Å². The van der Waals surface area contributed by atoms with E-state index in [1.807, 2.05) is 6.07 Å². The third-order valence-corrected chi connectivity index (χ3v) is 4.35. The molecule has 1 aromatic carbocycles. The molecule has 2 rings (SSSR count). The zero-order valence-electron chi connectivity index (χ0n) is 13.1. The first-order valence-electron chi connectivity index (χ1n) is 7.65. The van der Waals surface area contributed by atoms with Crippen molar-refractivity contribution in [2.24, 2.45) is 5.92 Å². The van der Waals surface area contributed by atoms with Gasteiger partial charge in [-0.25, -0.2) is 0 Å². The van der Waals surface area contributed by atoms with Crippen LogP contribution >= 0.6 is 0 Å². The van der Waals surface area contributed by atoms with Crippen molar-refractivity contribution in [3.05, 3.63) is 23.8 Å². The molecule has 20 heavy (non-hydrogen) atoms. The molecule has 0 aliphatic heterocycles. The van der Waals surface area contributed by atoms with Gasteiger partial charge in [-0.2, -0.15) is 0 Å². The van der Waals surface area contributed by atoms with E-state index in [9.17, 15) is 0 Å². The number of nitrogens with one attached hydrogen (secondary N) is 1. The highest BCUT2D eigenvalue weighted by molar-refractivity contribution is 5.43. The van der Waals surface area contributed by atoms with Crippen molar-refractivity contribution in [1.29, 1.82) is 0 Å². The van der Waals surface area contributed by atoms with Crippen LogP contribution < -0.4 is 14.8 Å². The summed E-state index contributed by atoms with van der Waals surface area (Å²) in [6, 6.07) is 7.28. The SMILES string of the molecule is CCC(NC1CCC(C)C1)c1ccc(OC)c(OC)c1. The van der Waals surface area contributed by atoms with Gasteiger partial charge < -0.3 is 14.8 Å². The molecule has 0 heterocycles. The van der Waals surface area contributed by atoms with E-state index in [1.54, 1.807) is 14.2 Å². The summed E-state index contributed by atoms with van der Waals surface area (Å²) in [5.74, 6) is 2.46. The molecule has 1 N–H and O–H groups in total. The molecule has 1 fully saturated rings. The zero-order valence-corrected chi connectivity index (χ0v) is 13.1. The van der Waals surface area contributed by atoms with E-state index < -0.39 is 0 Å². The topological polar surface area (TPSA) is 30.5 Å². The quantitative estimate of drug-likeness (QED) is 0.854. The molecule has 0 saturated heterocycles. The van der Waals surface area contributed by atoms with Crippen LogP contribution in [0.15, 0.2) is 18.2 Å². The largest absolute Gasteiger partial charge is 0.493 e. The maximum atomic E-state index is 5.41. The van der Waals surface area contributed by atoms with E-state index in [1.165, 1.54) is 24.8 Å². The van der Waals surface area contributed by atoms with Crippen LogP contribution in [0.5, 0.6) is 11.5 Å². The molecule has 1 aliphatic rings. The molecular weight excluding hydrogens is 250 g/mol. The van der Waals surface area contributed by atoms with Crippen LogP contribution in [0.4, 0.5) is 0 Å². The summed E-state index contributed by atoms with van der Waals surface area (Å²) in [7, 11) is 3.36. The van der Waals surface area contributed by atoms with Crippen molar-refractivity contribution in [2.75, 3.05) is 14.2 Å². The Kier molecular flexibility index (Phi) is 5.30. The fourth-order valence-corrected chi connectivity index (χ4v) is 3.16. The summed E-state index contributed by atoms with van der Waals surface area (Å²) < 4.78 is 10.7. The number of benzene rings is 1. The highest BCUT2D eigenvalue weighted by Gasteiger charge is 2.24. The van der Waals surface area contributed by atoms with Gasteiger partial charge in [0.25, 0.3) is 0 Å². The average Bonchev–Trinajstić information content (AvgIpc) is 2.89. The van der Waals surface area contributed by atoms with E-state index >= 15 is 0 Å². The molecule has 3 atom stereocenters. The molecule has 3 heteroatoms. The first-order chi connectivity index (χ1) is 9.67. The van der Waals surface area contributed by atoms with Crippen LogP contribution in [-0.4, -0.2) is 20.3 Å².